The van der Waals surface area contributed by atoms with Gasteiger partial charge < -0.3 is 10.6 Å². The first-order valence-corrected chi connectivity index (χ1v) is 6.66. The van der Waals surface area contributed by atoms with E-state index in [1.54, 1.807) is 29.2 Å². The van der Waals surface area contributed by atoms with Crippen molar-refractivity contribution in [3.05, 3.63) is 41.9 Å². The van der Waals surface area contributed by atoms with Crippen LogP contribution in [0.3, 0.4) is 0 Å². The normalized spacial score (nSPS) is 10.3. The number of hydrogen-bond acceptors (Lipinski definition) is 4. The fourth-order valence-corrected chi connectivity index (χ4v) is 1.94. The van der Waals surface area contributed by atoms with Crippen LogP contribution in [0.25, 0.3) is 0 Å². The number of amides is 1. The smallest absolute Gasteiger partial charge is 0.255 e. The molecule has 0 saturated heterocycles. The highest BCUT2D eigenvalue weighted by molar-refractivity contribution is 5.98. The first kappa shape index (κ1) is 14.0. The third kappa shape index (κ3) is 3.34. The van der Waals surface area contributed by atoms with Crippen LogP contribution in [0.5, 0.6) is 0 Å². The van der Waals surface area contributed by atoms with Crippen LogP contribution >= 0.6 is 0 Å². The van der Waals surface area contributed by atoms with Crippen molar-refractivity contribution in [1.29, 1.82) is 0 Å². The molecule has 6 heteroatoms. The molecular formula is C14H19N5O. The standard InChI is InChI=1S/C14H19N5O/c1-3-15-13-12(5-4-8-16-13)14(20)17-9-6-11-7-10-18-19(11)2/h4-5,7-8,10H,3,6,9H2,1-2H3,(H,15,16)(H,17,20). The number of anilines is 1. The molecule has 2 N–H and O–H groups in total. The molecule has 0 fully saturated rings. The zero-order valence-electron chi connectivity index (χ0n) is 11.8. The quantitative estimate of drug-likeness (QED) is 0.830. The Labute approximate surface area is 118 Å². The maximum Gasteiger partial charge on any atom is 0.255 e. The predicted molar refractivity (Wildman–Crippen MR) is 77.6 cm³/mol. The van der Waals surface area contributed by atoms with Gasteiger partial charge in [-0.25, -0.2) is 4.98 Å². The van der Waals surface area contributed by atoms with Gasteiger partial charge in [-0.05, 0) is 25.1 Å². The van der Waals surface area contributed by atoms with Gasteiger partial charge in [-0.2, -0.15) is 5.10 Å². The molecule has 0 unspecified atom stereocenters. The fraction of sp³-hybridized carbons (Fsp3) is 0.357. The van der Waals surface area contributed by atoms with Crippen LogP contribution in [-0.4, -0.2) is 33.8 Å². The van der Waals surface area contributed by atoms with E-state index in [-0.39, 0.29) is 5.91 Å². The van der Waals surface area contributed by atoms with Gasteiger partial charge in [0.05, 0.1) is 5.56 Å². The van der Waals surface area contributed by atoms with Gasteiger partial charge in [0.15, 0.2) is 0 Å². The summed E-state index contributed by atoms with van der Waals surface area (Å²) in [6.07, 6.45) is 4.17. The highest BCUT2D eigenvalue weighted by Crippen LogP contribution is 2.10. The van der Waals surface area contributed by atoms with Gasteiger partial charge in [0.25, 0.3) is 5.91 Å². The van der Waals surface area contributed by atoms with Crippen LogP contribution in [0.4, 0.5) is 5.82 Å². The molecule has 0 bridgehead atoms. The Bertz CT molecular complexity index is 578. The molecule has 0 aliphatic rings. The largest absolute Gasteiger partial charge is 0.370 e. The Balaban J connectivity index is 1.93. The summed E-state index contributed by atoms with van der Waals surface area (Å²) in [5.74, 6) is 0.504. The van der Waals surface area contributed by atoms with Crippen molar-refractivity contribution in [1.82, 2.24) is 20.1 Å². The minimum Gasteiger partial charge on any atom is -0.370 e. The van der Waals surface area contributed by atoms with E-state index in [4.69, 9.17) is 0 Å². The first-order chi connectivity index (χ1) is 9.72. The number of aryl methyl sites for hydroxylation is 1. The number of rotatable bonds is 6. The van der Waals surface area contributed by atoms with Crippen LogP contribution in [0, 0.1) is 0 Å². The van der Waals surface area contributed by atoms with E-state index in [2.05, 4.69) is 20.7 Å². The second-order valence-electron chi connectivity index (χ2n) is 4.38. The third-order valence-electron chi connectivity index (χ3n) is 2.99. The lowest BCUT2D eigenvalue weighted by Crippen LogP contribution is -2.27. The minimum atomic E-state index is -0.115. The van der Waals surface area contributed by atoms with Gasteiger partial charge in [-0.3, -0.25) is 9.48 Å². The van der Waals surface area contributed by atoms with Gasteiger partial charge in [-0.1, -0.05) is 0 Å². The second-order valence-corrected chi connectivity index (χ2v) is 4.38. The summed E-state index contributed by atoms with van der Waals surface area (Å²) in [5.41, 5.74) is 1.66. The zero-order chi connectivity index (χ0) is 14.4. The summed E-state index contributed by atoms with van der Waals surface area (Å²) in [7, 11) is 1.89. The van der Waals surface area contributed by atoms with E-state index < -0.39 is 0 Å². The molecule has 0 aliphatic heterocycles. The van der Waals surface area contributed by atoms with Crippen molar-refractivity contribution in [2.75, 3.05) is 18.4 Å². The topological polar surface area (TPSA) is 71.8 Å². The Morgan fingerprint density at radius 3 is 2.90 bits per heavy atom. The van der Waals surface area contributed by atoms with Gasteiger partial charge in [0.2, 0.25) is 0 Å². The van der Waals surface area contributed by atoms with E-state index in [1.165, 1.54) is 0 Å². The molecule has 106 valence electrons. The lowest BCUT2D eigenvalue weighted by molar-refractivity contribution is 0.0954. The second kappa shape index (κ2) is 6.70. The molecule has 0 radical (unpaired) electrons. The van der Waals surface area contributed by atoms with Crippen molar-refractivity contribution in [3.63, 3.8) is 0 Å². The number of aromatic nitrogens is 3. The molecule has 20 heavy (non-hydrogen) atoms. The lowest BCUT2D eigenvalue weighted by Gasteiger charge is -2.10. The first-order valence-electron chi connectivity index (χ1n) is 6.66. The Kier molecular flexibility index (Phi) is 4.70. The summed E-state index contributed by atoms with van der Waals surface area (Å²) >= 11 is 0. The molecule has 0 atom stereocenters. The van der Waals surface area contributed by atoms with E-state index in [0.717, 1.165) is 18.7 Å². The predicted octanol–water partition coefficient (Wildman–Crippen LogP) is 1.22. The molecule has 2 aromatic rings. The summed E-state index contributed by atoms with van der Waals surface area (Å²) in [4.78, 5) is 16.3. The average molecular weight is 273 g/mol. The molecule has 2 rings (SSSR count). The lowest BCUT2D eigenvalue weighted by atomic mass is 10.2. The number of carbonyl (C=O) groups is 1. The molecule has 0 saturated carbocycles. The van der Waals surface area contributed by atoms with Crippen LogP contribution < -0.4 is 10.6 Å². The molecule has 2 aromatic heterocycles. The zero-order valence-corrected chi connectivity index (χ0v) is 11.8. The summed E-state index contributed by atoms with van der Waals surface area (Å²) in [6.45, 7) is 3.27. The monoisotopic (exact) mass is 273 g/mol. The average Bonchev–Trinajstić information content (AvgIpc) is 2.85. The van der Waals surface area contributed by atoms with Crippen LogP contribution in [0.15, 0.2) is 30.6 Å². The molecule has 6 nitrogen and oxygen atoms in total. The highest BCUT2D eigenvalue weighted by Gasteiger charge is 2.11. The number of nitrogens with zero attached hydrogens (tertiary/aromatic N) is 3. The summed E-state index contributed by atoms with van der Waals surface area (Å²) < 4.78 is 1.81. The Morgan fingerprint density at radius 1 is 1.35 bits per heavy atom. The molecule has 0 aliphatic carbocycles. The Morgan fingerprint density at radius 2 is 2.20 bits per heavy atom. The van der Waals surface area contributed by atoms with Crippen molar-refractivity contribution in [3.8, 4) is 0 Å². The van der Waals surface area contributed by atoms with Gasteiger partial charge in [0, 0.05) is 44.6 Å². The van der Waals surface area contributed by atoms with Gasteiger partial charge in [-0.15, -0.1) is 0 Å². The number of nitrogens with one attached hydrogen (secondary N) is 2. The van der Waals surface area contributed by atoms with E-state index in [1.807, 2.05) is 20.0 Å². The maximum atomic E-state index is 12.1. The number of hydrogen-bond donors (Lipinski definition) is 2. The fourth-order valence-electron chi connectivity index (χ4n) is 1.94. The molecule has 0 aromatic carbocycles. The third-order valence-corrected chi connectivity index (χ3v) is 2.99. The molecule has 0 spiro atoms. The van der Waals surface area contributed by atoms with E-state index in [9.17, 15) is 4.79 Å². The van der Waals surface area contributed by atoms with Gasteiger partial charge >= 0.3 is 0 Å². The number of carbonyl (C=O) groups excluding carboxylic acids is 1. The van der Waals surface area contributed by atoms with Gasteiger partial charge in [0.1, 0.15) is 5.82 Å². The Hall–Kier alpha value is -2.37. The molecular weight excluding hydrogens is 254 g/mol. The van der Waals surface area contributed by atoms with Crippen LogP contribution in [0.2, 0.25) is 0 Å². The van der Waals surface area contributed by atoms with E-state index in [0.29, 0.717) is 17.9 Å². The van der Waals surface area contributed by atoms with Crippen molar-refractivity contribution in [2.45, 2.75) is 13.3 Å². The van der Waals surface area contributed by atoms with E-state index >= 15 is 0 Å². The summed E-state index contributed by atoms with van der Waals surface area (Å²) in [6, 6.07) is 5.47. The SMILES string of the molecule is CCNc1ncccc1C(=O)NCCc1ccnn1C. The van der Waals surface area contributed by atoms with Crippen LogP contribution in [-0.2, 0) is 13.5 Å². The molecule has 2 heterocycles. The molecule has 1 amide bonds. The van der Waals surface area contributed by atoms with Crippen molar-refractivity contribution < 1.29 is 4.79 Å². The van der Waals surface area contributed by atoms with Crippen molar-refractivity contribution >= 4 is 11.7 Å². The summed E-state index contributed by atoms with van der Waals surface area (Å²) in [5, 5.41) is 10.1. The minimum absolute atomic E-state index is 0.115. The van der Waals surface area contributed by atoms with Crippen LogP contribution in [0.1, 0.15) is 23.0 Å². The maximum absolute atomic E-state index is 12.1. The van der Waals surface area contributed by atoms with Crippen molar-refractivity contribution in [2.24, 2.45) is 7.05 Å². The highest BCUT2D eigenvalue weighted by atomic mass is 16.1. The number of pyridine rings is 1.